The van der Waals surface area contributed by atoms with Gasteiger partial charge in [0, 0.05) is 38.8 Å². The zero-order valence-electron chi connectivity index (χ0n) is 21.5. The van der Waals surface area contributed by atoms with Crippen molar-refractivity contribution in [2.45, 2.75) is 14.7 Å². The molecule has 0 aliphatic carbocycles. The lowest BCUT2D eigenvalue weighted by atomic mass is 10.1. The van der Waals surface area contributed by atoms with Crippen molar-refractivity contribution < 1.29 is 35.6 Å². The fourth-order valence-corrected chi connectivity index (χ4v) is 6.03. The van der Waals surface area contributed by atoms with E-state index in [-0.39, 0.29) is 11.1 Å². The Morgan fingerprint density at radius 3 is 1.91 bits per heavy atom. The van der Waals surface area contributed by atoms with E-state index in [0.29, 0.717) is 56.5 Å². The molecule has 0 aliphatic rings. The molecule has 0 radical (unpaired) electrons. The molecule has 5 aromatic rings. The summed E-state index contributed by atoms with van der Waals surface area (Å²) in [5.74, 6) is -0.759. The number of hydrogen-bond donors (Lipinski definition) is 6. The van der Waals surface area contributed by atoms with Gasteiger partial charge in [0.05, 0.1) is 28.1 Å². The third kappa shape index (κ3) is 5.98. The van der Waals surface area contributed by atoms with Crippen LogP contribution in [0.3, 0.4) is 0 Å². The van der Waals surface area contributed by atoms with Gasteiger partial charge in [-0.3, -0.25) is 9.11 Å². The number of hydrogen-bond acceptors (Lipinski definition) is 13. The second-order valence-corrected chi connectivity index (χ2v) is 12.4. The minimum absolute atomic E-state index is 0.242. The molecule has 0 aliphatic heterocycles. The smallest absolute Gasteiger partial charge is 0.296 e. The molecule has 0 atom stereocenters. The van der Waals surface area contributed by atoms with Crippen molar-refractivity contribution in [1.29, 1.82) is 0 Å². The van der Waals surface area contributed by atoms with E-state index in [4.69, 9.17) is 11.5 Å². The molecular formula is C26H20N6O8S3. The number of nitrogen functional groups attached to an aromatic ring is 2. The van der Waals surface area contributed by atoms with Crippen LogP contribution in [0.25, 0.3) is 21.5 Å². The number of nitrogens with two attached hydrogens (primary N) is 2. The van der Waals surface area contributed by atoms with Crippen molar-refractivity contribution in [3.05, 3.63) is 72.8 Å². The van der Waals surface area contributed by atoms with E-state index in [0.717, 1.165) is 6.07 Å². The van der Waals surface area contributed by atoms with Crippen LogP contribution < -0.4 is 11.5 Å². The lowest BCUT2D eigenvalue weighted by Gasteiger charge is -2.13. The van der Waals surface area contributed by atoms with E-state index in [2.05, 4.69) is 20.5 Å². The zero-order chi connectivity index (χ0) is 31.1. The number of anilines is 2. The molecule has 5 rings (SSSR count). The van der Waals surface area contributed by atoms with Crippen LogP contribution in [-0.2, 0) is 20.2 Å². The van der Waals surface area contributed by atoms with Gasteiger partial charge in [0.25, 0.3) is 20.2 Å². The second-order valence-electron chi connectivity index (χ2n) is 8.99. The number of phenols is 1. The Bertz CT molecular complexity index is 2220. The predicted molar refractivity (Wildman–Crippen MR) is 161 cm³/mol. The normalized spacial score (nSPS) is 12.6. The van der Waals surface area contributed by atoms with Crippen LogP contribution in [0, 0.1) is 0 Å². The summed E-state index contributed by atoms with van der Waals surface area (Å²) in [6.45, 7) is 0. The average molecular weight is 641 g/mol. The third-order valence-electron chi connectivity index (χ3n) is 6.23. The summed E-state index contributed by atoms with van der Waals surface area (Å²) in [6, 6.07) is 17.7. The minimum Gasteiger partial charge on any atom is -0.505 e. The van der Waals surface area contributed by atoms with Crippen LogP contribution in [0.2, 0.25) is 0 Å². The first-order valence-electron chi connectivity index (χ1n) is 11.9. The highest BCUT2D eigenvalue weighted by atomic mass is 32.2. The molecule has 0 saturated carbocycles. The lowest BCUT2D eigenvalue weighted by Crippen LogP contribution is -2.08. The van der Waals surface area contributed by atoms with Crippen LogP contribution >= 0.6 is 12.0 Å². The Morgan fingerprint density at radius 2 is 1.26 bits per heavy atom. The number of azo groups is 2. The number of nitrogens with zero attached hydrogens (tertiary/aromatic N) is 4. The summed E-state index contributed by atoms with van der Waals surface area (Å²) in [6.07, 6.45) is 0. The molecule has 0 spiro atoms. The first-order valence-corrected chi connectivity index (χ1v) is 15.5. The van der Waals surface area contributed by atoms with Crippen molar-refractivity contribution in [3.8, 4) is 5.75 Å². The molecular weight excluding hydrogens is 621 g/mol. The Hall–Kier alpha value is -4.65. The first-order chi connectivity index (χ1) is 20.3. The van der Waals surface area contributed by atoms with Crippen molar-refractivity contribution >= 4 is 87.9 Å². The number of aromatic hydroxyl groups is 1. The fourth-order valence-electron chi connectivity index (χ4n) is 4.30. The van der Waals surface area contributed by atoms with Crippen molar-refractivity contribution in [2.24, 2.45) is 20.5 Å². The van der Waals surface area contributed by atoms with Crippen LogP contribution in [0.5, 0.6) is 5.75 Å². The van der Waals surface area contributed by atoms with E-state index in [1.54, 1.807) is 54.6 Å². The zero-order valence-corrected chi connectivity index (χ0v) is 24.0. The average Bonchev–Trinajstić information content (AvgIpc) is 2.94. The van der Waals surface area contributed by atoms with E-state index in [1.165, 1.54) is 6.07 Å². The SMILES string of the molecule is Nc1cccc(/N=N/c2ccc(/N=N/c3ccc4c(S(=O)(=O)O)cc(S(=O)(=O)O)c(N)c4c3O)c3ccc(SO)cc23)c1. The van der Waals surface area contributed by atoms with E-state index < -0.39 is 46.9 Å². The quantitative estimate of drug-likeness (QED) is 0.0469. The van der Waals surface area contributed by atoms with Crippen LogP contribution in [0.1, 0.15) is 0 Å². The van der Waals surface area contributed by atoms with Crippen molar-refractivity contribution in [2.75, 3.05) is 11.5 Å². The molecule has 0 heterocycles. The molecule has 0 bridgehead atoms. The van der Waals surface area contributed by atoms with Gasteiger partial charge in [0.15, 0.2) is 5.75 Å². The summed E-state index contributed by atoms with van der Waals surface area (Å²) in [7, 11) is -10.1. The molecule has 0 saturated heterocycles. The first kappa shape index (κ1) is 29.8. The van der Waals surface area contributed by atoms with Crippen LogP contribution in [0.15, 0.2) is 108 Å². The third-order valence-corrected chi connectivity index (χ3v) is 8.48. The lowest BCUT2D eigenvalue weighted by molar-refractivity contribution is 0.481. The molecule has 5 aromatic carbocycles. The maximum absolute atomic E-state index is 12.0. The minimum atomic E-state index is -5.06. The fraction of sp³-hybridized carbons (Fsp3) is 0. The molecule has 0 unspecified atom stereocenters. The van der Waals surface area contributed by atoms with Gasteiger partial charge in [-0.1, -0.05) is 18.2 Å². The number of phenolic OH excluding ortho intramolecular Hbond substituents is 1. The monoisotopic (exact) mass is 640 g/mol. The Morgan fingerprint density at radius 1 is 0.651 bits per heavy atom. The van der Waals surface area contributed by atoms with Gasteiger partial charge in [0.1, 0.15) is 15.5 Å². The van der Waals surface area contributed by atoms with E-state index >= 15 is 0 Å². The molecule has 0 aromatic heterocycles. The molecule has 0 fully saturated rings. The maximum Gasteiger partial charge on any atom is 0.296 e. The van der Waals surface area contributed by atoms with Gasteiger partial charge in [-0.15, -0.1) is 15.3 Å². The van der Waals surface area contributed by atoms with Gasteiger partial charge in [-0.2, -0.15) is 21.9 Å². The van der Waals surface area contributed by atoms with Gasteiger partial charge < -0.3 is 21.1 Å². The summed E-state index contributed by atoms with van der Waals surface area (Å²) < 4.78 is 76.4. The molecule has 43 heavy (non-hydrogen) atoms. The number of benzene rings is 5. The molecule has 0 amide bonds. The Labute approximate surface area is 248 Å². The summed E-state index contributed by atoms with van der Waals surface area (Å²) in [5, 5.41) is 28.0. The highest BCUT2D eigenvalue weighted by Crippen LogP contribution is 2.44. The Balaban J connectivity index is 1.64. The standard InChI is InChI=1S/C26H20N6O8S3/c27-13-2-1-3-14(10-13)29-30-20-9-8-19(16-5-4-15(41-34)11-18(16)20)31-32-21-7-6-17-22(42(35,36)37)12-23(43(38,39)40)25(28)24(17)26(21)33/h1-12,33-34H,27-28H2,(H,35,36,37)(H,38,39,40)/b30-29+,32-31+. The van der Waals surface area contributed by atoms with Crippen molar-refractivity contribution in [1.82, 2.24) is 0 Å². The summed E-state index contributed by atoms with van der Waals surface area (Å²) in [5.41, 5.74) is 12.5. The summed E-state index contributed by atoms with van der Waals surface area (Å²) in [4.78, 5) is -1.44. The highest BCUT2D eigenvalue weighted by Gasteiger charge is 2.26. The largest absolute Gasteiger partial charge is 0.505 e. The van der Waals surface area contributed by atoms with E-state index in [1.807, 2.05) is 0 Å². The Kier molecular flexibility index (Phi) is 7.78. The highest BCUT2D eigenvalue weighted by molar-refractivity contribution is 7.93. The van der Waals surface area contributed by atoms with Gasteiger partial charge in [-0.25, -0.2) is 0 Å². The van der Waals surface area contributed by atoms with Gasteiger partial charge in [-0.05, 0) is 54.6 Å². The van der Waals surface area contributed by atoms with Crippen LogP contribution in [-0.4, -0.2) is 35.6 Å². The van der Waals surface area contributed by atoms with E-state index in [9.17, 15) is 35.6 Å². The van der Waals surface area contributed by atoms with Gasteiger partial charge >= 0.3 is 0 Å². The molecule has 8 N–H and O–H groups in total. The predicted octanol–water partition coefficient (Wildman–Crippen LogP) is 6.75. The maximum atomic E-state index is 12.0. The van der Waals surface area contributed by atoms with Crippen molar-refractivity contribution in [3.63, 3.8) is 0 Å². The molecule has 220 valence electrons. The summed E-state index contributed by atoms with van der Waals surface area (Å²) >= 11 is 0.526. The number of fused-ring (bicyclic) bond motifs is 2. The molecule has 17 heteroatoms. The van der Waals surface area contributed by atoms with Gasteiger partial charge in [0.2, 0.25) is 0 Å². The van der Waals surface area contributed by atoms with Crippen LogP contribution in [0.4, 0.5) is 34.1 Å². The topological polar surface area (TPSA) is 251 Å². The number of rotatable bonds is 7. The molecule has 14 nitrogen and oxygen atoms in total. The second kappa shape index (κ2) is 11.2.